The Bertz CT molecular complexity index is 695. The number of carbonyl (C=O) groups excluding carboxylic acids is 3. The van der Waals surface area contributed by atoms with Crippen molar-refractivity contribution in [3.63, 3.8) is 0 Å². The van der Waals surface area contributed by atoms with Crippen LogP contribution in [0.2, 0.25) is 0 Å². The van der Waals surface area contributed by atoms with E-state index in [9.17, 15) is 14.4 Å². The van der Waals surface area contributed by atoms with Crippen molar-refractivity contribution in [3.05, 3.63) is 54.6 Å². The maximum atomic E-state index is 11.7. The van der Waals surface area contributed by atoms with E-state index in [4.69, 9.17) is 4.74 Å². The van der Waals surface area contributed by atoms with Crippen molar-refractivity contribution in [2.75, 3.05) is 12.4 Å². The van der Waals surface area contributed by atoms with Gasteiger partial charge in [0.1, 0.15) is 0 Å². The van der Waals surface area contributed by atoms with Gasteiger partial charge in [0, 0.05) is 29.5 Å². The predicted octanol–water partition coefficient (Wildman–Crippen LogP) is 1.46. The number of amides is 2. The van der Waals surface area contributed by atoms with Crippen molar-refractivity contribution in [2.24, 2.45) is 0 Å². The van der Waals surface area contributed by atoms with Crippen molar-refractivity contribution in [1.82, 2.24) is 15.3 Å². The molecule has 2 amide bonds. The van der Waals surface area contributed by atoms with Crippen LogP contribution in [0.1, 0.15) is 16.9 Å². The highest BCUT2D eigenvalue weighted by molar-refractivity contribution is 7.99. The molecule has 0 saturated carbocycles. The Morgan fingerprint density at radius 1 is 1.08 bits per heavy atom. The van der Waals surface area contributed by atoms with Gasteiger partial charge in [0.05, 0.1) is 6.20 Å². The van der Waals surface area contributed by atoms with Crippen LogP contribution in [0, 0.1) is 0 Å². The lowest BCUT2D eigenvalue weighted by Crippen LogP contribution is -2.34. The average molecular weight is 345 g/mol. The Morgan fingerprint density at radius 3 is 2.58 bits per heavy atom. The molecular formula is C16H15N3O4S. The van der Waals surface area contributed by atoms with E-state index in [-0.39, 0.29) is 12.1 Å². The van der Waals surface area contributed by atoms with Crippen molar-refractivity contribution in [3.8, 4) is 0 Å². The monoisotopic (exact) mass is 345 g/mol. The van der Waals surface area contributed by atoms with Crippen molar-refractivity contribution >= 4 is 29.5 Å². The summed E-state index contributed by atoms with van der Waals surface area (Å²) in [4.78, 5) is 43.3. The van der Waals surface area contributed by atoms with E-state index in [1.54, 1.807) is 0 Å². The number of ether oxygens (including phenoxy) is 1. The fourth-order valence-electron chi connectivity index (χ4n) is 1.64. The zero-order chi connectivity index (χ0) is 17.2. The molecule has 1 aromatic carbocycles. The molecule has 1 heterocycles. The fraction of sp³-hybridized carbons (Fsp3) is 0.188. The number of hydrogen-bond acceptors (Lipinski definition) is 7. The first kappa shape index (κ1) is 17.6. The molecule has 0 bridgehead atoms. The van der Waals surface area contributed by atoms with Gasteiger partial charge in [-0.2, -0.15) is 0 Å². The maximum Gasteiger partial charge on any atom is 0.359 e. The zero-order valence-corrected chi connectivity index (χ0v) is 13.5. The summed E-state index contributed by atoms with van der Waals surface area (Å²) in [5, 5.41) is 2.17. The molecule has 2 aromatic rings. The zero-order valence-electron chi connectivity index (χ0n) is 12.7. The van der Waals surface area contributed by atoms with Gasteiger partial charge >= 0.3 is 5.97 Å². The first-order chi connectivity index (χ1) is 11.6. The Hall–Kier alpha value is -2.74. The summed E-state index contributed by atoms with van der Waals surface area (Å²) in [6.07, 6.45) is 4.16. The smallest absolute Gasteiger partial charge is 0.359 e. The number of hydrogen-bond donors (Lipinski definition) is 1. The molecule has 7 nitrogen and oxygen atoms in total. The highest BCUT2D eigenvalue weighted by atomic mass is 32.2. The lowest BCUT2D eigenvalue weighted by molar-refractivity contribution is -0.132. The minimum Gasteiger partial charge on any atom is -0.451 e. The van der Waals surface area contributed by atoms with Gasteiger partial charge in [-0.1, -0.05) is 18.2 Å². The molecule has 0 fully saturated rings. The van der Waals surface area contributed by atoms with Gasteiger partial charge in [-0.05, 0) is 12.1 Å². The molecule has 0 spiro atoms. The summed E-state index contributed by atoms with van der Waals surface area (Å²) in [7, 11) is 0. The van der Waals surface area contributed by atoms with Crippen LogP contribution in [0.15, 0.2) is 53.8 Å². The van der Waals surface area contributed by atoms with Crippen LogP contribution in [0.4, 0.5) is 0 Å². The molecule has 0 aliphatic rings. The van der Waals surface area contributed by atoms with Crippen LogP contribution in [-0.2, 0) is 14.3 Å². The number of carbonyl (C=O) groups is 3. The largest absolute Gasteiger partial charge is 0.451 e. The van der Waals surface area contributed by atoms with Crippen LogP contribution in [0.25, 0.3) is 0 Å². The second-order valence-corrected chi connectivity index (χ2v) is 5.72. The number of aromatic nitrogens is 2. The number of benzene rings is 1. The van der Waals surface area contributed by atoms with Crippen molar-refractivity contribution < 1.29 is 19.1 Å². The first-order valence-corrected chi connectivity index (χ1v) is 8.07. The van der Waals surface area contributed by atoms with Gasteiger partial charge in [-0.15, -0.1) is 11.8 Å². The maximum absolute atomic E-state index is 11.7. The topological polar surface area (TPSA) is 98.2 Å². The molecule has 0 unspecified atom stereocenters. The van der Waals surface area contributed by atoms with E-state index in [1.807, 2.05) is 30.3 Å². The molecule has 8 heteroatoms. The van der Waals surface area contributed by atoms with E-state index in [1.165, 1.54) is 30.4 Å². The van der Waals surface area contributed by atoms with E-state index in [2.05, 4.69) is 15.3 Å². The minimum absolute atomic E-state index is 0.00381. The SMILES string of the molecule is O=C(CCSc1ccccc1)NC(=O)COC(=O)c1cnccn1. The molecule has 1 aromatic heterocycles. The number of nitrogens with zero attached hydrogens (tertiary/aromatic N) is 2. The average Bonchev–Trinajstić information content (AvgIpc) is 2.61. The normalized spacial score (nSPS) is 10.0. The number of imide groups is 1. The summed E-state index contributed by atoms with van der Waals surface area (Å²) in [5.74, 6) is -1.33. The number of esters is 1. The predicted molar refractivity (Wildman–Crippen MR) is 87.2 cm³/mol. The number of nitrogens with one attached hydrogen (secondary N) is 1. The highest BCUT2D eigenvalue weighted by Gasteiger charge is 2.13. The molecule has 0 aliphatic carbocycles. The van der Waals surface area contributed by atoms with Gasteiger partial charge in [0.15, 0.2) is 12.3 Å². The third-order valence-corrected chi connectivity index (χ3v) is 3.74. The van der Waals surface area contributed by atoms with Crippen LogP contribution < -0.4 is 5.32 Å². The van der Waals surface area contributed by atoms with Gasteiger partial charge in [0.2, 0.25) is 5.91 Å². The van der Waals surface area contributed by atoms with Crippen molar-refractivity contribution in [2.45, 2.75) is 11.3 Å². The van der Waals surface area contributed by atoms with Gasteiger partial charge in [-0.25, -0.2) is 9.78 Å². The summed E-state index contributed by atoms with van der Waals surface area (Å²) < 4.78 is 4.75. The Balaban J connectivity index is 1.64. The lowest BCUT2D eigenvalue weighted by Gasteiger charge is -2.05. The summed E-state index contributed by atoms with van der Waals surface area (Å²) >= 11 is 1.52. The highest BCUT2D eigenvalue weighted by Crippen LogP contribution is 2.17. The third kappa shape index (κ3) is 6.17. The summed E-state index contributed by atoms with van der Waals surface area (Å²) in [6, 6.07) is 9.63. The molecule has 0 radical (unpaired) electrons. The van der Waals surface area contributed by atoms with Crippen molar-refractivity contribution in [1.29, 1.82) is 0 Å². The van der Waals surface area contributed by atoms with E-state index in [0.29, 0.717) is 5.75 Å². The standard InChI is InChI=1S/C16H15N3O4S/c20-14(6-9-24-12-4-2-1-3-5-12)19-15(21)11-23-16(22)13-10-17-7-8-18-13/h1-5,7-8,10H,6,9,11H2,(H,19,20,21). The third-order valence-electron chi connectivity index (χ3n) is 2.73. The molecule has 0 atom stereocenters. The molecule has 2 rings (SSSR count). The Morgan fingerprint density at radius 2 is 1.88 bits per heavy atom. The molecule has 0 aliphatic heterocycles. The molecule has 24 heavy (non-hydrogen) atoms. The van der Waals surface area contributed by atoms with Gasteiger partial charge < -0.3 is 4.74 Å². The first-order valence-electron chi connectivity index (χ1n) is 7.09. The number of rotatable bonds is 7. The summed E-state index contributed by atoms with van der Waals surface area (Å²) in [5.41, 5.74) is -0.00381. The lowest BCUT2D eigenvalue weighted by atomic mass is 10.4. The second kappa shape index (κ2) is 9.41. The molecular weight excluding hydrogens is 330 g/mol. The van der Waals surface area contributed by atoms with Gasteiger partial charge in [-0.3, -0.25) is 19.9 Å². The minimum atomic E-state index is -0.773. The second-order valence-electron chi connectivity index (χ2n) is 4.55. The van der Waals surface area contributed by atoms with Crippen LogP contribution in [-0.4, -0.2) is 40.1 Å². The number of thioether (sulfide) groups is 1. The van der Waals surface area contributed by atoms with Crippen LogP contribution in [0.5, 0.6) is 0 Å². The van der Waals surface area contributed by atoms with Crippen LogP contribution >= 0.6 is 11.8 Å². The molecule has 1 N–H and O–H groups in total. The Labute approximate surface area is 142 Å². The quantitative estimate of drug-likeness (QED) is 0.599. The fourth-order valence-corrected chi connectivity index (χ4v) is 2.51. The van der Waals surface area contributed by atoms with E-state index in [0.717, 1.165) is 4.90 Å². The summed E-state index contributed by atoms with van der Waals surface area (Å²) in [6.45, 7) is -0.549. The van der Waals surface area contributed by atoms with E-state index >= 15 is 0 Å². The van der Waals surface area contributed by atoms with Gasteiger partial charge in [0.25, 0.3) is 5.91 Å². The van der Waals surface area contributed by atoms with E-state index < -0.39 is 24.4 Å². The Kier molecular flexibility index (Phi) is 6.91. The molecule has 124 valence electrons. The molecule has 0 saturated heterocycles. The van der Waals surface area contributed by atoms with Crippen LogP contribution in [0.3, 0.4) is 0 Å².